The molecule has 1 aliphatic rings. The van der Waals surface area contributed by atoms with Gasteiger partial charge >= 0.3 is 6.18 Å². The van der Waals surface area contributed by atoms with Gasteiger partial charge in [0.05, 0.1) is 12.0 Å². The number of hydrogen-bond donors (Lipinski definition) is 1. The quantitative estimate of drug-likeness (QED) is 0.874. The molecule has 0 bridgehead atoms. The fourth-order valence-corrected chi connectivity index (χ4v) is 2.30. The van der Waals surface area contributed by atoms with Crippen molar-refractivity contribution in [2.45, 2.75) is 26.1 Å². The Bertz CT molecular complexity index is 649. The summed E-state index contributed by atoms with van der Waals surface area (Å²) in [4.78, 5) is 7.93. The summed E-state index contributed by atoms with van der Waals surface area (Å²) in [6.45, 7) is 2.55. The minimum absolute atomic E-state index is 0.0118. The van der Waals surface area contributed by atoms with Crippen molar-refractivity contribution in [3.63, 3.8) is 0 Å². The summed E-state index contributed by atoms with van der Waals surface area (Å²) in [7, 11) is 0. The van der Waals surface area contributed by atoms with Gasteiger partial charge in [0.25, 0.3) is 0 Å². The zero-order valence-corrected chi connectivity index (χ0v) is 10.7. The number of aryl methyl sites for hydroxylation is 1. The number of furan rings is 1. The van der Waals surface area contributed by atoms with E-state index in [0.29, 0.717) is 24.3 Å². The average Bonchev–Trinajstić information content (AvgIpc) is 2.82. The number of aromatic nitrogens is 2. The summed E-state index contributed by atoms with van der Waals surface area (Å²) in [6, 6.07) is 1.67. The zero-order chi connectivity index (χ0) is 14.3. The van der Waals surface area contributed by atoms with Crippen LogP contribution in [0.5, 0.6) is 0 Å². The first kappa shape index (κ1) is 13.1. The molecule has 3 rings (SSSR count). The second-order valence-corrected chi connectivity index (χ2v) is 4.68. The first-order valence-corrected chi connectivity index (χ1v) is 6.19. The van der Waals surface area contributed by atoms with E-state index in [-0.39, 0.29) is 23.6 Å². The summed E-state index contributed by atoms with van der Waals surface area (Å²) in [5.41, 5.74) is 0.435. The Morgan fingerprint density at radius 1 is 1.30 bits per heavy atom. The minimum Gasteiger partial charge on any atom is -0.461 e. The van der Waals surface area contributed by atoms with Gasteiger partial charge in [-0.25, -0.2) is 9.97 Å². The number of hydrogen-bond acceptors (Lipinski definition) is 4. The van der Waals surface area contributed by atoms with Crippen molar-refractivity contribution in [3.05, 3.63) is 34.8 Å². The van der Waals surface area contributed by atoms with Crippen LogP contribution in [-0.2, 0) is 19.1 Å². The molecule has 0 amide bonds. The molecule has 1 aliphatic heterocycles. The van der Waals surface area contributed by atoms with Gasteiger partial charge in [0, 0.05) is 12.1 Å². The van der Waals surface area contributed by atoms with E-state index in [2.05, 4.69) is 15.3 Å². The van der Waals surface area contributed by atoms with Gasteiger partial charge in [0.1, 0.15) is 0 Å². The van der Waals surface area contributed by atoms with Crippen molar-refractivity contribution in [1.82, 2.24) is 15.3 Å². The molecule has 0 saturated carbocycles. The zero-order valence-electron chi connectivity index (χ0n) is 10.7. The normalized spacial score (nSPS) is 15.2. The lowest BCUT2D eigenvalue weighted by atomic mass is 10.0. The Hall–Kier alpha value is -1.89. The van der Waals surface area contributed by atoms with Gasteiger partial charge in [0.2, 0.25) is 0 Å². The molecule has 7 heteroatoms. The Morgan fingerprint density at radius 2 is 2.10 bits per heavy atom. The van der Waals surface area contributed by atoms with Gasteiger partial charge in [-0.2, -0.15) is 13.2 Å². The predicted octanol–water partition coefficient (Wildman–Crippen LogP) is 2.71. The highest BCUT2D eigenvalue weighted by Gasteiger charge is 2.38. The predicted molar refractivity (Wildman–Crippen MR) is 64.9 cm³/mol. The second-order valence-electron chi connectivity index (χ2n) is 4.68. The van der Waals surface area contributed by atoms with Crippen LogP contribution in [0.25, 0.3) is 11.6 Å². The Kier molecular flexibility index (Phi) is 3.01. The summed E-state index contributed by atoms with van der Waals surface area (Å²) >= 11 is 0. The standard InChI is InChI=1S/C13H12F3N3O/c1-7-3-5-20-10(7)12-18-9-6-17-4-2-8(9)11(19-12)13(14,15)16/h3,5,17H,2,4,6H2,1H3. The molecule has 4 nitrogen and oxygen atoms in total. The summed E-state index contributed by atoms with van der Waals surface area (Å²) < 4.78 is 44.7. The van der Waals surface area contributed by atoms with Crippen LogP contribution in [0.4, 0.5) is 13.2 Å². The molecule has 106 valence electrons. The van der Waals surface area contributed by atoms with Crippen LogP contribution in [0.2, 0.25) is 0 Å². The highest BCUT2D eigenvalue weighted by Crippen LogP contribution is 2.34. The topological polar surface area (TPSA) is 51.0 Å². The van der Waals surface area contributed by atoms with E-state index >= 15 is 0 Å². The van der Waals surface area contributed by atoms with E-state index in [1.165, 1.54) is 6.26 Å². The molecule has 20 heavy (non-hydrogen) atoms. The first-order chi connectivity index (χ1) is 9.47. The lowest BCUT2D eigenvalue weighted by Gasteiger charge is -2.20. The number of halogens is 3. The molecule has 0 spiro atoms. The van der Waals surface area contributed by atoms with Crippen molar-refractivity contribution >= 4 is 0 Å². The van der Waals surface area contributed by atoms with Gasteiger partial charge in [0.15, 0.2) is 17.3 Å². The smallest absolute Gasteiger partial charge is 0.433 e. The number of alkyl halides is 3. The van der Waals surface area contributed by atoms with Gasteiger partial charge in [-0.15, -0.1) is 0 Å². The fraction of sp³-hybridized carbons (Fsp3) is 0.385. The molecule has 1 N–H and O–H groups in total. The third kappa shape index (κ3) is 2.18. The molecule has 3 heterocycles. The summed E-state index contributed by atoms with van der Waals surface area (Å²) in [5, 5.41) is 3.02. The van der Waals surface area contributed by atoms with Crippen LogP contribution in [0.1, 0.15) is 22.5 Å². The Labute approximate surface area is 113 Å². The molecular weight excluding hydrogens is 271 g/mol. The van der Waals surface area contributed by atoms with Crippen molar-refractivity contribution in [3.8, 4) is 11.6 Å². The summed E-state index contributed by atoms with van der Waals surface area (Å²) in [6.07, 6.45) is -2.79. The molecule has 2 aromatic heterocycles. The van der Waals surface area contributed by atoms with Gasteiger partial charge < -0.3 is 9.73 Å². The monoisotopic (exact) mass is 283 g/mol. The van der Waals surface area contributed by atoms with Crippen LogP contribution in [0.3, 0.4) is 0 Å². The van der Waals surface area contributed by atoms with Crippen molar-refractivity contribution < 1.29 is 17.6 Å². The van der Waals surface area contributed by atoms with E-state index in [9.17, 15) is 13.2 Å². The molecule has 2 aromatic rings. The third-order valence-corrected chi connectivity index (χ3v) is 3.27. The van der Waals surface area contributed by atoms with Crippen LogP contribution in [-0.4, -0.2) is 16.5 Å². The molecule has 0 aromatic carbocycles. The van der Waals surface area contributed by atoms with E-state index in [1.807, 2.05) is 0 Å². The van der Waals surface area contributed by atoms with Crippen LogP contribution >= 0.6 is 0 Å². The van der Waals surface area contributed by atoms with E-state index in [1.54, 1.807) is 13.0 Å². The largest absolute Gasteiger partial charge is 0.461 e. The number of nitrogens with one attached hydrogen (secondary N) is 1. The molecule has 0 fully saturated rings. The molecular formula is C13H12F3N3O. The van der Waals surface area contributed by atoms with Crippen LogP contribution in [0, 0.1) is 6.92 Å². The first-order valence-electron chi connectivity index (χ1n) is 6.19. The maximum atomic E-state index is 13.2. The molecule has 0 unspecified atom stereocenters. The summed E-state index contributed by atoms with van der Waals surface area (Å²) in [5.74, 6) is 0.270. The lowest BCUT2D eigenvalue weighted by Crippen LogP contribution is -2.28. The average molecular weight is 283 g/mol. The highest BCUT2D eigenvalue weighted by molar-refractivity contribution is 5.53. The lowest BCUT2D eigenvalue weighted by molar-refractivity contribution is -0.142. The maximum absolute atomic E-state index is 13.2. The third-order valence-electron chi connectivity index (χ3n) is 3.27. The van der Waals surface area contributed by atoms with E-state index in [0.717, 1.165) is 0 Å². The number of fused-ring (bicyclic) bond motifs is 1. The van der Waals surface area contributed by atoms with Crippen molar-refractivity contribution in [1.29, 1.82) is 0 Å². The van der Waals surface area contributed by atoms with Gasteiger partial charge in [-0.1, -0.05) is 0 Å². The number of nitrogens with zero attached hydrogens (tertiary/aromatic N) is 2. The van der Waals surface area contributed by atoms with Crippen molar-refractivity contribution in [2.75, 3.05) is 6.54 Å². The van der Waals surface area contributed by atoms with Crippen LogP contribution in [0.15, 0.2) is 16.7 Å². The Morgan fingerprint density at radius 3 is 2.75 bits per heavy atom. The van der Waals surface area contributed by atoms with Crippen LogP contribution < -0.4 is 5.32 Å². The van der Waals surface area contributed by atoms with E-state index < -0.39 is 11.9 Å². The minimum atomic E-state index is -4.49. The molecule has 0 atom stereocenters. The molecule has 0 aliphatic carbocycles. The Balaban J connectivity index is 2.21. The second kappa shape index (κ2) is 4.59. The SMILES string of the molecule is Cc1ccoc1-c1nc2c(c(C(F)(F)F)n1)CCNC2. The van der Waals surface area contributed by atoms with E-state index in [4.69, 9.17) is 4.42 Å². The van der Waals surface area contributed by atoms with Crippen molar-refractivity contribution in [2.24, 2.45) is 0 Å². The maximum Gasteiger partial charge on any atom is 0.433 e. The van der Waals surface area contributed by atoms with Gasteiger partial charge in [-0.05, 0) is 31.5 Å². The number of rotatable bonds is 1. The fourth-order valence-electron chi connectivity index (χ4n) is 2.30. The van der Waals surface area contributed by atoms with Gasteiger partial charge in [-0.3, -0.25) is 0 Å². The highest BCUT2D eigenvalue weighted by atomic mass is 19.4. The molecule has 0 radical (unpaired) electrons. The molecule has 0 saturated heterocycles.